The zero-order valence-corrected chi connectivity index (χ0v) is 6.90. The van der Waals surface area contributed by atoms with Gasteiger partial charge in [0, 0.05) is 12.4 Å². The molecule has 0 aromatic heterocycles. The molecule has 6 nitrogen and oxygen atoms in total. The van der Waals surface area contributed by atoms with Crippen LogP contribution in [-0.4, -0.2) is 19.2 Å². The Bertz CT molecular complexity index is 269. The van der Waals surface area contributed by atoms with Crippen LogP contribution in [0.4, 0.5) is 0 Å². The molecule has 68 valence electrons. The lowest BCUT2D eigenvalue weighted by molar-refractivity contribution is 0.485. The summed E-state index contributed by atoms with van der Waals surface area (Å²) in [7, 11) is -4.17. The van der Waals surface area contributed by atoms with Crippen LogP contribution in [0.3, 0.4) is 0 Å². The van der Waals surface area contributed by atoms with E-state index in [9.17, 15) is 0 Å². The first kappa shape index (κ1) is 10.8. The zero-order chi connectivity index (χ0) is 9.45. The molecule has 1 aliphatic heterocycles. The van der Waals surface area contributed by atoms with Crippen molar-refractivity contribution in [3.05, 3.63) is 24.4 Å². The maximum absolute atomic E-state index is 8.97. The molecule has 0 saturated carbocycles. The molecule has 4 N–H and O–H groups in total. The van der Waals surface area contributed by atoms with Gasteiger partial charge in [0.05, 0.1) is 0 Å². The predicted molar refractivity (Wildman–Crippen MR) is 45.6 cm³/mol. The third-order valence-electron chi connectivity index (χ3n) is 0.628. The van der Waals surface area contributed by atoms with Crippen LogP contribution >= 0.6 is 0 Å². The van der Waals surface area contributed by atoms with E-state index in [0.29, 0.717) is 0 Å². The first-order valence-corrected chi connectivity index (χ1v) is 4.36. The summed E-state index contributed by atoms with van der Waals surface area (Å²) in [5.74, 6) is 0. The minimum absolute atomic E-state index is 1.69. The highest BCUT2D eigenvalue weighted by molar-refractivity contribution is 7.83. The fourth-order valence-corrected chi connectivity index (χ4v) is 0.342. The van der Waals surface area contributed by atoms with Crippen molar-refractivity contribution in [3.8, 4) is 0 Å². The molecule has 0 amide bonds. The van der Waals surface area contributed by atoms with E-state index in [1.54, 1.807) is 12.4 Å². The first-order chi connectivity index (χ1) is 5.50. The van der Waals surface area contributed by atoms with Crippen molar-refractivity contribution >= 4 is 16.5 Å². The van der Waals surface area contributed by atoms with Gasteiger partial charge in [-0.15, -0.1) is 0 Å². The Balaban J connectivity index is 0.000000217. The van der Waals surface area contributed by atoms with Gasteiger partial charge in [-0.2, -0.15) is 13.5 Å². The van der Waals surface area contributed by atoms with Gasteiger partial charge in [0.2, 0.25) is 0 Å². The maximum Gasteiger partial charge on any atom is 0.330 e. The highest BCUT2D eigenvalue weighted by Gasteiger charge is 1.81. The monoisotopic (exact) mass is 191 g/mol. The molecule has 1 heterocycles. The van der Waals surface area contributed by atoms with E-state index < -0.39 is 10.3 Å². The molecule has 7 heteroatoms. The van der Waals surface area contributed by atoms with Crippen LogP contribution < -0.4 is 10.6 Å². The van der Waals surface area contributed by atoms with Crippen molar-refractivity contribution in [3.63, 3.8) is 0 Å². The summed E-state index contributed by atoms with van der Waals surface area (Å²) in [6.07, 6.45) is 9.10. The molecule has 12 heavy (non-hydrogen) atoms. The van der Waals surface area contributed by atoms with Gasteiger partial charge >= 0.3 is 10.3 Å². The standard InChI is InChI=1S/C5H6N2.H3NO3S/c1-2-4-6-7-5-3-1;1-5(2,3)4/h1-6H;(H3,1,2,3,4). The van der Waals surface area contributed by atoms with E-state index >= 15 is 0 Å². The molecule has 0 fully saturated rings. The average molecular weight is 191 g/mol. The van der Waals surface area contributed by atoms with Crippen molar-refractivity contribution in [2.24, 2.45) is 10.2 Å². The first-order valence-electron chi connectivity index (χ1n) is 2.86. The summed E-state index contributed by atoms with van der Waals surface area (Å²) in [6, 6.07) is 0. The average Bonchev–Trinajstić information content (AvgIpc) is 2.10. The minimum atomic E-state index is -4.17. The molecule has 0 saturated heterocycles. The van der Waals surface area contributed by atoms with E-state index in [4.69, 9.17) is 13.0 Å². The van der Waals surface area contributed by atoms with Crippen molar-refractivity contribution in [1.82, 2.24) is 5.43 Å². The molecular formula is C5H9N3O3S. The Kier molecular flexibility index (Phi) is 4.93. The number of allylic oxidation sites excluding steroid dienone is 3. The van der Waals surface area contributed by atoms with Crippen molar-refractivity contribution in [2.75, 3.05) is 0 Å². The van der Waals surface area contributed by atoms with E-state index in [1.807, 2.05) is 18.2 Å². The Morgan fingerprint density at radius 3 is 2.50 bits per heavy atom. The maximum atomic E-state index is 8.97. The summed E-state index contributed by atoms with van der Waals surface area (Å²) in [5, 5.41) is 7.60. The fourth-order valence-electron chi connectivity index (χ4n) is 0.342. The second-order valence-electron chi connectivity index (χ2n) is 1.67. The quantitative estimate of drug-likeness (QED) is 0.444. The number of nitrogens with one attached hydrogen (secondary N) is 1. The Morgan fingerprint density at radius 2 is 1.92 bits per heavy atom. The van der Waals surface area contributed by atoms with Gasteiger partial charge < -0.3 is 0 Å². The van der Waals surface area contributed by atoms with Crippen LogP contribution in [0.25, 0.3) is 0 Å². The number of nitrogens with two attached hydrogens (primary N) is 1. The molecule has 0 aliphatic carbocycles. The third kappa shape index (κ3) is 15.9. The molecule has 1 rings (SSSR count). The summed E-state index contributed by atoms with van der Waals surface area (Å²) >= 11 is 0. The molecular weight excluding hydrogens is 182 g/mol. The lowest BCUT2D eigenvalue weighted by Gasteiger charge is -1.78. The minimum Gasteiger partial charge on any atom is -0.286 e. The van der Waals surface area contributed by atoms with Gasteiger partial charge in [-0.25, -0.2) is 5.14 Å². The van der Waals surface area contributed by atoms with E-state index in [-0.39, 0.29) is 0 Å². The Morgan fingerprint density at radius 1 is 1.33 bits per heavy atom. The molecule has 0 radical (unpaired) electrons. The van der Waals surface area contributed by atoms with E-state index in [1.165, 1.54) is 0 Å². The van der Waals surface area contributed by atoms with Crippen molar-refractivity contribution in [2.45, 2.75) is 0 Å². The Hall–Kier alpha value is -1.18. The summed E-state index contributed by atoms with van der Waals surface area (Å²) in [6.45, 7) is 0. The summed E-state index contributed by atoms with van der Waals surface area (Å²) < 4.78 is 25.2. The molecule has 0 spiro atoms. The van der Waals surface area contributed by atoms with Crippen LogP contribution in [0.1, 0.15) is 0 Å². The zero-order valence-electron chi connectivity index (χ0n) is 6.08. The third-order valence-corrected chi connectivity index (χ3v) is 0.628. The molecule has 0 bridgehead atoms. The molecule has 0 aromatic rings. The van der Waals surface area contributed by atoms with Crippen molar-refractivity contribution < 1.29 is 13.0 Å². The second kappa shape index (κ2) is 5.47. The molecule has 0 unspecified atom stereocenters. The molecule has 0 atom stereocenters. The summed E-state index contributed by atoms with van der Waals surface area (Å²) in [5.41, 5.74) is 2.67. The van der Waals surface area contributed by atoms with Crippen LogP contribution in [0.15, 0.2) is 29.5 Å². The topological polar surface area (TPSA) is 105 Å². The normalized spacial score (nSPS) is 14.2. The van der Waals surface area contributed by atoms with Crippen LogP contribution in [0.5, 0.6) is 0 Å². The SMILES string of the molecule is C1=CC=NNC=C1.NS(=O)(=O)O. The number of hydrazone groups is 1. The number of rotatable bonds is 0. The van der Waals surface area contributed by atoms with Gasteiger partial charge in [0.25, 0.3) is 0 Å². The lowest BCUT2D eigenvalue weighted by Crippen LogP contribution is -2.08. The summed E-state index contributed by atoms with van der Waals surface area (Å²) in [4.78, 5) is 0. The lowest BCUT2D eigenvalue weighted by atomic mass is 10.5. The highest BCUT2D eigenvalue weighted by atomic mass is 32.2. The van der Waals surface area contributed by atoms with Gasteiger partial charge in [0.1, 0.15) is 0 Å². The molecule has 1 aliphatic rings. The van der Waals surface area contributed by atoms with Crippen LogP contribution in [-0.2, 0) is 10.3 Å². The second-order valence-corrected chi connectivity index (χ2v) is 2.70. The van der Waals surface area contributed by atoms with Gasteiger partial charge in [-0.3, -0.25) is 9.98 Å². The Labute approximate surface area is 70.3 Å². The van der Waals surface area contributed by atoms with Crippen molar-refractivity contribution in [1.29, 1.82) is 0 Å². The smallest absolute Gasteiger partial charge is 0.286 e. The number of hydrogen-bond acceptors (Lipinski definition) is 4. The van der Waals surface area contributed by atoms with E-state index in [0.717, 1.165) is 0 Å². The van der Waals surface area contributed by atoms with Crippen LogP contribution in [0, 0.1) is 0 Å². The largest absolute Gasteiger partial charge is 0.330 e. The number of hydrogen-bond donors (Lipinski definition) is 3. The van der Waals surface area contributed by atoms with Gasteiger partial charge in [0.15, 0.2) is 0 Å². The van der Waals surface area contributed by atoms with Crippen LogP contribution in [0.2, 0.25) is 0 Å². The predicted octanol–water partition coefficient (Wildman–Crippen LogP) is -0.607. The molecule has 0 aromatic carbocycles. The highest BCUT2D eigenvalue weighted by Crippen LogP contribution is 1.76. The van der Waals surface area contributed by atoms with Gasteiger partial charge in [-0.1, -0.05) is 6.08 Å². The fraction of sp³-hybridized carbons (Fsp3) is 0. The van der Waals surface area contributed by atoms with Gasteiger partial charge in [-0.05, 0) is 12.2 Å². The van der Waals surface area contributed by atoms with E-state index in [2.05, 4.69) is 15.7 Å². The number of nitrogens with zero attached hydrogens (tertiary/aromatic N) is 1.